The lowest BCUT2D eigenvalue weighted by Crippen LogP contribution is -2.53. The minimum atomic E-state index is -6.16. The van der Waals surface area contributed by atoms with Crippen LogP contribution in [0.1, 0.15) is 16.7 Å². The van der Waals surface area contributed by atoms with Crippen LogP contribution < -0.4 is 5.56 Å². The summed E-state index contributed by atoms with van der Waals surface area (Å²) >= 11 is 0. The van der Waals surface area contributed by atoms with Crippen LogP contribution in [0.2, 0.25) is 0 Å². The van der Waals surface area contributed by atoms with Crippen molar-refractivity contribution >= 4 is 5.69 Å². The predicted octanol–water partition coefficient (Wildman–Crippen LogP) is 6.69. The molecule has 0 amide bonds. The Morgan fingerprint density at radius 2 is 1.42 bits per heavy atom. The van der Waals surface area contributed by atoms with E-state index >= 15 is 0 Å². The summed E-state index contributed by atoms with van der Waals surface area (Å²) < 4.78 is 120. The number of pyridine rings is 1. The van der Waals surface area contributed by atoms with Crippen molar-refractivity contribution in [1.29, 1.82) is 0 Å². The number of hydrogen-bond acceptors (Lipinski definition) is 2. The molecule has 0 bridgehead atoms. The molecule has 3 aromatic rings. The molecule has 0 aliphatic heterocycles. The number of benzene rings is 2. The van der Waals surface area contributed by atoms with E-state index in [1.165, 1.54) is 18.2 Å². The van der Waals surface area contributed by atoms with E-state index < -0.39 is 57.9 Å². The summed E-state index contributed by atoms with van der Waals surface area (Å²) in [7, 11) is 0. The van der Waals surface area contributed by atoms with E-state index in [-0.39, 0.29) is 17.7 Å². The average molecular weight is 520 g/mol. The lowest BCUT2D eigenvalue weighted by atomic mass is 9.92. The van der Waals surface area contributed by atoms with Gasteiger partial charge in [0.1, 0.15) is 0 Å². The predicted molar refractivity (Wildman–Crippen MR) is 109 cm³/mol. The fourth-order valence-corrected chi connectivity index (χ4v) is 3.54. The number of aryl methyl sites for hydroxylation is 1. The van der Waals surface area contributed by atoms with Crippen molar-refractivity contribution in [3.63, 3.8) is 0 Å². The summed E-state index contributed by atoms with van der Waals surface area (Å²) in [6, 6.07) is 7.95. The van der Waals surface area contributed by atoms with Crippen molar-refractivity contribution in [3.05, 3.63) is 93.1 Å². The van der Waals surface area contributed by atoms with Gasteiger partial charge in [-0.3, -0.25) is 9.36 Å². The third-order valence-electron chi connectivity index (χ3n) is 5.28. The smallest absolute Gasteiger partial charge is 0.369 e. The van der Waals surface area contributed by atoms with Gasteiger partial charge in [0.25, 0.3) is 16.8 Å². The van der Waals surface area contributed by atoms with Crippen LogP contribution in [0.3, 0.4) is 0 Å². The number of halogens is 9. The monoisotopic (exact) mass is 520 g/mol. The number of aliphatic hydroxyl groups is 1. The number of aromatic nitrogens is 1. The Balaban J connectivity index is 2.36. The first kappa shape index (κ1) is 26.8. The second kappa shape index (κ2) is 8.70. The van der Waals surface area contributed by atoms with Crippen LogP contribution in [0.5, 0.6) is 0 Å². The van der Waals surface area contributed by atoms with Crippen LogP contribution in [0.15, 0.2) is 59.4 Å². The molecule has 0 saturated carbocycles. The molecule has 0 aliphatic carbocycles. The summed E-state index contributed by atoms with van der Waals surface area (Å²) in [5, 5.41) is 9.56. The number of rotatable bonds is 3. The van der Waals surface area contributed by atoms with E-state index in [0.29, 0.717) is 28.3 Å². The molecule has 0 fully saturated rings. The Hall–Kier alpha value is -3.79. The van der Waals surface area contributed by atoms with Crippen molar-refractivity contribution in [2.24, 2.45) is 0 Å². The molecule has 190 valence electrons. The highest BCUT2D eigenvalue weighted by Crippen LogP contribution is 2.50. The Kier molecular flexibility index (Phi) is 6.48. The third kappa shape index (κ3) is 4.44. The van der Waals surface area contributed by atoms with Crippen molar-refractivity contribution in [3.8, 4) is 16.9 Å². The highest BCUT2D eigenvalue weighted by atomic mass is 19.4. The summed E-state index contributed by atoms with van der Waals surface area (Å²) in [5.41, 5.74) is -11.5. The molecule has 0 saturated heterocycles. The van der Waals surface area contributed by atoms with E-state index in [1.54, 1.807) is 13.0 Å². The molecule has 36 heavy (non-hydrogen) atoms. The van der Waals surface area contributed by atoms with Crippen molar-refractivity contribution < 1.29 is 44.6 Å². The van der Waals surface area contributed by atoms with Gasteiger partial charge in [-0.15, -0.1) is 0 Å². The molecule has 0 aliphatic rings. The van der Waals surface area contributed by atoms with Crippen molar-refractivity contribution in [1.82, 2.24) is 4.57 Å². The molecular formula is C23H13F9N2O2. The van der Waals surface area contributed by atoms with Crippen molar-refractivity contribution in [2.75, 3.05) is 0 Å². The Morgan fingerprint density at radius 3 is 1.86 bits per heavy atom. The van der Waals surface area contributed by atoms with Gasteiger partial charge < -0.3 is 5.11 Å². The molecular weight excluding hydrogens is 507 g/mol. The summed E-state index contributed by atoms with van der Waals surface area (Å²) in [6.45, 7) is 8.65. The quantitative estimate of drug-likeness (QED) is 0.309. The summed E-state index contributed by atoms with van der Waals surface area (Å²) in [5.74, 6) is 0. The van der Waals surface area contributed by atoms with Gasteiger partial charge in [-0.2, -0.15) is 39.5 Å². The minimum Gasteiger partial charge on any atom is -0.369 e. The van der Waals surface area contributed by atoms with Gasteiger partial charge in [-0.25, -0.2) is 4.85 Å². The fourth-order valence-electron chi connectivity index (χ4n) is 3.54. The Labute approximate surface area is 196 Å². The van der Waals surface area contributed by atoms with Gasteiger partial charge in [-0.1, -0.05) is 35.9 Å². The van der Waals surface area contributed by atoms with Gasteiger partial charge in [0.05, 0.1) is 17.8 Å². The average Bonchev–Trinajstić information content (AvgIpc) is 2.76. The molecule has 1 N–H and O–H groups in total. The largest absolute Gasteiger partial charge is 0.430 e. The fraction of sp³-hybridized carbons (Fsp3) is 0.217. The van der Waals surface area contributed by atoms with E-state index in [4.69, 9.17) is 6.57 Å². The number of hydrogen-bond donors (Lipinski definition) is 1. The Morgan fingerprint density at radius 1 is 0.861 bits per heavy atom. The first-order valence-electron chi connectivity index (χ1n) is 9.72. The topological polar surface area (TPSA) is 46.6 Å². The van der Waals surface area contributed by atoms with E-state index in [1.807, 2.05) is 0 Å². The molecule has 0 atom stereocenters. The van der Waals surface area contributed by atoms with Crippen LogP contribution in [0.25, 0.3) is 21.8 Å². The summed E-state index contributed by atoms with van der Waals surface area (Å²) in [6.07, 6.45) is -17.4. The molecule has 1 aromatic heterocycles. The van der Waals surface area contributed by atoms with Gasteiger partial charge in [-0.05, 0) is 36.8 Å². The lowest BCUT2D eigenvalue weighted by molar-refractivity contribution is -0.376. The van der Waals surface area contributed by atoms with E-state index in [2.05, 4.69) is 4.85 Å². The van der Waals surface area contributed by atoms with E-state index in [9.17, 15) is 49.4 Å². The maximum Gasteiger partial charge on any atom is 0.430 e. The van der Waals surface area contributed by atoms with Crippen LogP contribution in [-0.4, -0.2) is 22.0 Å². The second-order valence-corrected chi connectivity index (χ2v) is 7.66. The zero-order valence-corrected chi connectivity index (χ0v) is 17.8. The SMILES string of the molecule is [C-]#[N+]c1c(C(F)(F)F)cc(-c2cccc(C)c2)n(-c2ccc(C(O)(C(F)(F)F)C(F)(F)F)cc2)c1=O. The second-order valence-electron chi connectivity index (χ2n) is 7.66. The summed E-state index contributed by atoms with van der Waals surface area (Å²) in [4.78, 5) is 15.6. The molecule has 4 nitrogen and oxygen atoms in total. The first-order valence-corrected chi connectivity index (χ1v) is 9.72. The zero-order chi connectivity index (χ0) is 27.3. The van der Waals surface area contributed by atoms with Gasteiger partial charge in [0.15, 0.2) is 0 Å². The lowest BCUT2D eigenvalue weighted by Gasteiger charge is -2.32. The third-order valence-corrected chi connectivity index (χ3v) is 5.28. The van der Waals surface area contributed by atoms with Crippen LogP contribution in [0, 0.1) is 13.5 Å². The maximum atomic E-state index is 13.6. The maximum absolute atomic E-state index is 13.6. The van der Waals surface area contributed by atoms with Gasteiger partial charge in [0.2, 0.25) is 0 Å². The molecule has 13 heteroatoms. The van der Waals surface area contributed by atoms with Gasteiger partial charge in [0, 0.05) is 11.3 Å². The van der Waals surface area contributed by atoms with Crippen molar-refractivity contribution in [2.45, 2.75) is 31.1 Å². The Bertz CT molecular complexity index is 1380. The molecule has 0 radical (unpaired) electrons. The standard InChI is InChI=1S/C23H13F9N2O2/c1-12-4-3-5-13(10-12)17-11-16(21(24,25)26)18(33-2)19(35)34(17)15-8-6-14(7-9-15)20(36,22(27,28)29)23(30,31)32/h3-11,36H,1H3. The normalized spacial score (nSPS) is 12.9. The molecule has 2 aromatic carbocycles. The molecule has 0 spiro atoms. The molecule has 1 heterocycles. The van der Waals surface area contributed by atoms with Crippen LogP contribution in [0.4, 0.5) is 45.2 Å². The van der Waals surface area contributed by atoms with E-state index in [0.717, 1.165) is 0 Å². The number of nitrogens with zero attached hydrogens (tertiary/aromatic N) is 2. The van der Waals surface area contributed by atoms with Crippen LogP contribution >= 0.6 is 0 Å². The van der Waals surface area contributed by atoms with Gasteiger partial charge >= 0.3 is 18.5 Å². The minimum absolute atomic E-state index is 0.0558. The molecule has 0 unspecified atom stereocenters. The highest BCUT2D eigenvalue weighted by Gasteiger charge is 2.71. The highest BCUT2D eigenvalue weighted by molar-refractivity contribution is 5.69. The first-order chi connectivity index (χ1) is 16.4. The van der Waals surface area contributed by atoms with Crippen LogP contribution in [-0.2, 0) is 11.8 Å². The number of alkyl halides is 9. The zero-order valence-electron chi connectivity index (χ0n) is 17.8. The molecule has 3 rings (SSSR count).